The summed E-state index contributed by atoms with van der Waals surface area (Å²) in [6, 6.07) is 9.73. The van der Waals surface area contributed by atoms with E-state index in [0.29, 0.717) is 6.54 Å². The third-order valence-electron chi connectivity index (χ3n) is 4.38. The topological polar surface area (TPSA) is 61.4 Å². The number of hydrogen-bond donors (Lipinski definition) is 1. The number of halogens is 1. The largest absolute Gasteiger partial charge is 0.353 e. The molecule has 132 valence electrons. The van der Waals surface area contributed by atoms with E-state index in [0.717, 1.165) is 40.6 Å². The van der Waals surface area contributed by atoms with Gasteiger partial charge in [0.25, 0.3) is 0 Å². The molecule has 0 aliphatic carbocycles. The normalized spacial score (nSPS) is 17.5. The van der Waals surface area contributed by atoms with Crippen LogP contribution in [0.1, 0.15) is 18.3 Å². The number of amides is 2. The lowest BCUT2D eigenvalue weighted by Gasteiger charge is -2.40. The van der Waals surface area contributed by atoms with E-state index in [9.17, 15) is 4.79 Å². The lowest BCUT2D eigenvalue weighted by atomic mass is 10.2. The number of anilines is 2. The zero-order valence-corrected chi connectivity index (χ0v) is 16.2. The summed E-state index contributed by atoms with van der Waals surface area (Å²) in [5.74, 6) is 0.972. The van der Waals surface area contributed by atoms with E-state index < -0.39 is 0 Å². The number of nitrogens with one attached hydrogen (secondary N) is 1. The van der Waals surface area contributed by atoms with Gasteiger partial charge in [0.15, 0.2) is 0 Å². The first kappa shape index (κ1) is 17.7. The minimum atomic E-state index is -0.0865. The quantitative estimate of drug-likeness (QED) is 0.778. The van der Waals surface area contributed by atoms with Crippen LogP contribution in [0.5, 0.6) is 0 Å². The van der Waals surface area contributed by atoms with Crippen molar-refractivity contribution in [2.45, 2.75) is 26.8 Å². The number of urea groups is 1. The van der Waals surface area contributed by atoms with Crippen molar-refractivity contribution in [3.05, 3.63) is 46.3 Å². The van der Waals surface area contributed by atoms with Crippen molar-refractivity contribution in [3.63, 3.8) is 0 Å². The Labute approximate surface area is 156 Å². The van der Waals surface area contributed by atoms with Crippen LogP contribution in [0.3, 0.4) is 0 Å². The zero-order chi connectivity index (χ0) is 18.0. The standard InChI is InChI=1S/C18H22BrN5O/c1-12-5-4-6-17(20-12)23-9-10-24(13(2)11-23)18(25)22-15-7-8-16(19)21-14(15)3/h4-8,13H,9-11H2,1-3H3,(H,22,25)/t13-/m1/s1. The molecule has 1 aliphatic heterocycles. The average molecular weight is 404 g/mol. The predicted octanol–water partition coefficient (Wildman–Crippen LogP) is 3.60. The number of aromatic nitrogens is 2. The lowest BCUT2D eigenvalue weighted by molar-refractivity contribution is 0.184. The van der Waals surface area contributed by atoms with Gasteiger partial charge in [-0.2, -0.15) is 0 Å². The maximum atomic E-state index is 12.7. The Kier molecular flexibility index (Phi) is 5.22. The van der Waals surface area contributed by atoms with Crippen molar-refractivity contribution in [2.24, 2.45) is 0 Å². The molecule has 1 fully saturated rings. The summed E-state index contributed by atoms with van der Waals surface area (Å²) < 4.78 is 0.760. The Bertz CT molecular complexity index is 782. The molecule has 7 heteroatoms. The number of carbonyl (C=O) groups is 1. The molecule has 0 bridgehead atoms. The van der Waals surface area contributed by atoms with Gasteiger partial charge in [-0.05, 0) is 61.0 Å². The summed E-state index contributed by atoms with van der Waals surface area (Å²) in [5, 5.41) is 2.97. The number of nitrogens with zero attached hydrogens (tertiary/aromatic N) is 4. The van der Waals surface area contributed by atoms with Gasteiger partial charge in [-0.3, -0.25) is 0 Å². The van der Waals surface area contributed by atoms with E-state index in [-0.39, 0.29) is 12.1 Å². The minimum absolute atomic E-state index is 0.0865. The molecule has 0 aromatic carbocycles. The molecule has 0 saturated carbocycles. The van der Waals surface area contributed by atoms with E-state index in [1.54, 1.807) is 0 Å². The summed E-state index contributed by atoms with van der Waals surface area (Å²) in [6.45, 7) is 8.13. The van der Waals surface area contributed by atoms with Crippen LogP contribution in [0.25, 0.3) is 0 Å². The molecule has 6 nitrogen and oxygen atoms in total. The number of pyridine rings is 2. The van der Waals surface area contributed by atoms with Crippen molar-refractivity contribution >= 4 is 33.5 Å². The second-order valence-electron chi connectivity index (χ2n) is 6.32. The summed E-state index contributed by atoms with van der Waals surface area (Å²) in [5.41, 5.74) is 2.53. The smallest absolute Gasteiger partial charge is 0.322 e. The molecule has 1 saturated heterocycles. The molecule has 0 radical (unpaired) electrons. The molecule has 0 spiro atoms. The third-order valence-corrected chi connectivity index (χ3v) is 4.82. The maximum absolute atomic E-state index is 12.7. The van der Waals surface area contributed by atoms with Gasteiger partial charge in [-0.1, -0.05) is 6.07 Å². The van der Waals surface area contributed by atoms with E-state index in [1.807, 2.05) is 49.1 Å². The number of carbonyl (C=O) groups excluding carboxylic acids is 1. The molecule has 25 heavy (non-hydrogen) atoms. The first-order valence-electron chi connectivity index (χ1n) is 8.33. The molecule has 2 amide bonds. The summed E-state index contributed by atoms with van der Waals surface area (Å²) in [7, 11) is 0. The van der Waals surface area contributed by atoms with E-state index >= 15 is 0 Å². The van der Waals surface area contributed by atoms with E-state index in [4.69, 9.17) is 0 Å². The average Bonchev–Trinajstić information content (AvgIpc) is 2.57. The van der Waals surface area contributed by atoms with Crippen molar-refractivity contribution in [2.75, 3.05) is 29.9 Å². The Morgan fingerprint density at radius 2 is 2.00 bits per heavy atom. The first-order valence-corrected chi connectivity index (χ1v) is 9.12. The van der Waals surface area contributed by atoms with Gasteiger partial charge in [-0.15, -0.1) is 0 Å². The SMILES string of the molecule is Cc1cccc(N2CCN(C(=O)Nc3ccc(Br)nc3C)[C@H](C)C2)n1. The van der Waals surface area contributed by atoms with Gasteiger partial charge >= 0.3 is 6.03 Å². The summed E-state index contributed by atoms with van der Waals surface area (Å²) in [4.78, 5) is 25.7. The van der Waals surface area contributed by atoms with Gasteiger partial charge in [0.05, 0.1) is 11.4 Å². The fraction of sp³-hybridized carbons (Fsp3) is 0.389. The van der Waals surface area contributed by atoms with E-state index in [1.165, 1.54) is 0 Å². The second-order valence-corrected chi connectivity index (χ2v) is 7.14. The first-order chi connectivity index (χ1) is 11.9. The van der Waals surface area contributed by atoms with Gasteiger partial charge < -0.3 is 15.1 Å². The molecule has 2 aromatic heterocycles. The van der Waals surface area contributed by atoms with Crippen molar-refractivity contribution < 1.29 is 4.79 Å². The molecule has 0 unspecified atom stereocenters. The summed E-state index contributed by atoms with van der Waals surface area (Å²) in [6.07, 6.45) is 0. The lowest BCUT2D eigenvalue weighted by Crippen LogP contribution is -2.55. The zero-order valence-electron chi connectivity index (χ0n) is 14.7. The van der Waals surface area contributed by atoms with Crippen LogP contribution in [0.4, 0.5) is 16.3 Å². The fourth-order valence-corrected chi connectivity index (χ4v) is 3.42. The minimum Gasteiger partial charge on any atom is -0.353 e. The number of hydrogen-bond acceptors (Lipinski definition) is 4. The Morgan fingerprint density at radius 3 is 2.68 bits per heavy atom. The van der Waals surface area contributed by atoms with Crippen LogP contribution in [-0.4, -0.2) is 46.6 Å². The van der Waals surface area contributed by atoms with Crippen LogP contribution in [-0.2, 0) is 0 Å². The van der Waals surface area contributed by atoms with E-state index in [2.05, 4.69) is 43.0 Å². The Balaban J connectivity index is 1.65. The van der Waals surface area contributed by atoms with Crippen LogP contribution in [0.2, 0.25) is 0 Å². The Morgan fingerprint density at radius 1 is 1.20 bits per heavy atom. The molecule has 1 aliphatic rings. The summed E-state index contributed by atoms with van der Waals surface area (Å²) >= 11 is 3.34. The predicted molar refractivity (Wildman–Crippen MR) is 103 cm³/mol. The van der Waals surface area contributed by atoms with Crippen LogP contribution in [0, 0.1) is 13.8 Å². The highest BCUT2D eigenvalue weighted by atomic mass is 79.9. The number of aryl methyl sites for hydroxylation is 2. The highest BCUT2D eigenvalue weighted by Crippen LogP contribution is 2.20. The highest BCUT2D eigenvalue weighted by molar-refractivity contribution is 9.10. The fourth-order valence-electron chi connectivity index (χ4n) is 3.02. The molecule has 1 N–H and O–H groups in total. The number of rotatable bonds is 2. The number of piperazine rings is 1. The maximum Gasteiger partial charge on any atom is 0.322 e. The second kappa shape index (κ2) is 7.39. The van der Waals surface area contributed by atoms with Gasteiger partial charge in [0, 0.05) is 31.4 Å². The van der Waals surface area contributed by atoms with Crippen LogP contribution in [0.15, 0.2) is 34.9 Å². The highest BCUT2D eigenvalue weighted by Gasteiger charge is 2.28. The molecule has 2 aromatic rings. The molecule has 3 rings (SSSR count). The molecule has 1 atom stereocenters. The molecular formula is C18H22BrN5O. The van der Waals surface area contributed by atoms with Gasteiger partial charge in [0.2, 0.25) is 0 Å². The van der Waals surface area contributed by atoms with Gasteiger partial charge in [0.1, 0.15) is 10.4 Å². The molecule has 3 heterocycles. The van der Waals surface area contributed by atoms with Crippen molar-refractivity contribution in [3.8, 4) is 0 Å². The van der Waals surface area contributed by atoms with Crippen molar-refractivity contribution in [1.29, 1.82) is 0 Å². The monoisotopic (exact) mass is 403 g/mol. The van der Waals surface area contributed by atoms with Crippen LogP contribution >= 0.6 is 15.9 Å². The third kappa shape index (κ3) is 4.10. The Hall–Kier alpha value is -2.15. The van der Waals surface area contributed by atoms with Crippen LogP contribution < -0.4 is 10.2 Å². The van der Waals surface area contributed by atoms with Gasteiger partial charge in [-0.25, -0.2) is 14.8 Å². The molecular weight excluding hydrogens is 382 g/mol. The van der Waals surface area contributed by atoms with Crippen molar-refractivity contribution in [1.82, 2.24) is 14.9 Å².